The molecule has 1 aliphatic heterocycles. The first kappa shape index (κ1) is 20.6. The van der Waals surface area contributed by atoms with Crippen molar-refractivity contribution in [2.45, 2.75) is 38.8 Å². The summed E-state index contributed by atoms with van der Waals surface area (Å²) in [4.78, 5) is 18.3. The van der Waals surface area contributed by atoms with E-state index in [1.807, 2.05) is 0 Å². The normalized spacial score (nSPS) is 15.4. The zero-order valence-corrected chi connectivity index (χ0v) is 17.9. The summed E-state index contributed by atoms with van der Waals surface area (Å²) in [5.41, 5.74) is 3.04. The topological polar surface area (TPSA) is 98.3 Å². The molecular weight excluding hydrogens is 415 g/mol. The van der Waals surface area contributed by atoms with Crippen LogP contribution in [-0.4, -0.2) is 51.1 Å². The molecule has 1 aromatic carbocycles. The lowest BCUT2D eigenvalue weighted by Crippen LogP contribution is -2.33. The van der Waals surface area contributed by atoms with Crippen molar-refractivity contribution in [1.82, 2.24) is 24.8 Å². The summed E-state index contributed by atoms with van der Waals surface area (Å²) < 4.78 is 27.0. The highest BCUT2D eigenvalue weighted by molar-refractivity contribution is 5.89. The van der Waals surface area contributed by atoms with E-state index in [1.54, 1.807) is 19.2 Å². The first-order chi connectivity index (χ1) is 15.6. The van der Waals surface area contributed by atoms with E-state index in [0.29, 0.717) is 49.5 Å². The van der Waals surface area contributed by atoms with E-state index < -0.39 is 11.8 Å². The quantitative estimate of drug-likeness (QED) is 0.606. The summed E-state index contributed by atoms with van der Waals surface area (Å²) in [6, 6.07) is 5.63. The molecule has 1 aliphatic carbocycles. The van der Waals surface area contributed by atoms with E-state index in [2.05, 4.69) is 20.1 Å². The average molecular weight is 440 g/mol. The zero-order valence-electron chi connectivity index (χ0n) is 17.9. The Bertz CT molecular complexity index is 1120. The molecule has 3 heterocycles. The number of hydrogen-bond acceptors (Lipinski definition) is 6. The van der Waals surface area contributed by atoms with Gasteiger partial charge in [-0.3, -0.25) is 4.68 Å². The number of nitrogens with one attached hydrogen (secondary N) is 1. The van der Waals surface area contributed by atoms with Crippen LogP contribution in [0.1, 0.15) is 29.9 Å². The molecule has 0 spiro atoms. The van der Waals surface area contributed by atoms with Gasteiger partial charge in [0, 0.05) is 44.2 Å². The van der Waals surface area contributed by atoms with Gasteiger partial charge in [0.25, 0.3) is 5.89 Å². The van der Waals surface area contributed by atoms with E-state index in [9.17, 15) is 9.18 Å². The van der Waals surface area contributed by atoms with Crippen LogP contribution in [0.4, 0.5) is 14.9 Å². The minimum atomic E-state index is -0.481. The minimum absolute atomic E-state index is 0.139. The van der Waals surface area contributed by atoms with Crippen LogP contribution in [0.5, 0.6) is 0 Å². The Morgan fingerprint density at radius 2 is 2.19 bits per heavy atom. The maximum atomic E-state index is 13.7. The molecular formula is C22H25FN6O3. The van der Waals surface area contributed by atoms with Crippen LogP contribution in [0.25, 0.3) is 11.6 Å². The van der Waals surface area contributed by atoms with Gasteiger partial charge in [-0.1, -0.05) is 17.3 Å². The predicted molar refractivity (Wildman–Crippen MR) is 113 cm³/mol. The van der Waals surface area contributed by atoms with Crippen molar-refractivity contribution >= 4 is 11.7 Å². The fourth-order valence-electron chi connectivity index (χ4n) is 3.77. The van der Waals surface area contributed by atoms with E-state index in [4.69, 9.17) is 14.4 Å². The number of aromatic nitrogens is 4. The van der Waals surface area contributed by atoms with E-state index in [1.165, 1.54) is 35.6 Å². The maximum Gasteiger partial charge on any atom is 0.321 e. The first-order valence-corrected chi connectivity index (χ1v) is 10.8. The van der Waals surface area contributed by atoms with Crippen molar-refractivity contribution in [2.75, 3.05) is 25.5 Å². The van der Waals surface area contributed by atoms with Crippen molar-refractivity contribution in [3.63, 3.8) is 0 Å². The molecule has 0 unspecified atom stereocenters. The number of halogens is 1. The molecule has 168 valence electrons. The van der Waals surface area contributed by atoms with Crippen LogP contribution >= 0.6 is 0 Å². The highest BCUT2D eigenvalue weighted by Gasteiger charge is 2.29. The third-order valence-electron chi connectivity index (χ3n) is 5.83. The number of carbonyl (C=O) groups is 1. The van der Waals surface area contributed by atoms with Crippen molar-refractivity contribution in [2.24, 2.45) is 5.92 Å². The number of ether oxygens (including phenoxy) is 1. The summed E-state index contributed by atoms with van der Waals surface area (Å²) in [7, 11) is 1.63. The Hall–Kier alpha value is -3.27. The summed E-state index contributed by atoms with van der Waals surface area (Å²) in [5, 5.41) is 11.4. The fourth-order valence-corrected chi connectivity index (χ4v) is 3.77. The molecule has 0 bridgehead atoms. The number of hydrogen-bond donors (Lipinski definition) is 1. The Morgan fingerprint density at radius 3 is 3.00 bits per heavy atom. The molecule has 32 heavy (non-hydrogen) atoms. The summed E-state index contributed by atoms with van der Waals surface area (Å²) in [6.45, 7) is 2.45. The monoisotopic (exact) mass is 440 g/mol. The number of benzene rings is 1. The highest BCUT2D eigenvalue weighted by Crippen LogP contribution is 2.34. The lowest BCUT2D eigenvalue weighted by molar-refractivity contribution is 0.109. The Balaban J connectivity index is 1.24. The van der Waals surface area contributed by atoms with Crippen molar-refractivity contribution in [3.8, 4) is 11.6 Å². The predicted octanol–water partition coefficient (Wildman–Crippen LogP) is 3.26. The molecule has 0 atom stereocenters. The number of urea groups is 1. The Morgan fingerprint density at radius 1 is 1.34 bits per heavy atom. The molecule has 1 saturated carbocycles. The second kappa shape index (κ2) is 8.70. The lowest BCUT2D eigenvalue weighted by Gasteiger charge is -2.17. The molecule has 2 aromatic heterocycles. The van der Waals surface area contributed by atoms with Gasteiger partial charge < -0.3 is 19.5 Å². The van der Waals surface area contributed by atoms with Crippen LogP contribution in [-0.2, 0) is 30.7 Å². The molecule has 1 fully saturated rings. The number of carbonyl (C=O) groups excluding carboxylic acids is 1. The number of anilines is 1. The van der Waals surface area contributed by atoms with Gasteiger partial charge in [-0.2, -0.15) is 10.1 Å². The molecule has 9 nitrogen and oxygen atoms in total. The standard InChI is InChI=1S/C22H25FN6O3/c1-28(22(30)24-17-5-3-2-4-16(17)23)10-8-19-25-21(32-27-19)20-15-13-31-11-9-18(15)29(26-20)12-14-6-7-14/h2-5,14H,6-13H2,1H3,(H,24,30). The van der Waals surface area contributed by atoms with E-state index in [-0.39, 0.29) is 5.69 Å². The molecule has 3 aromatic rings. The second-order valence-electron chi connectivity index (χ2n) is 8.30. The summed E-state index contributed by atoms with van der Waals surface area (Å²) in [6.07, 6.45) is 3.73. The third kappa shape index (κ3) is 4.36. The molecule has 2 aliphatic rings. The average Bonchev–Trinajstić information content (AvgIpc) is 3.37. The van der Waals surface area contributed by atoms with Gasteiger partial charge in [-0.25, -0.2) is 9.18 Å². The lowest BCUT2D eigenvalue weighted by atomic mass is 10.1. The van der Waals surface area contributed by atoms with E-state index >= 15 is 0 Å². The van der Waals surface area contributed by atoms with Gasteiger partial charge in [-0.15, -0.1) is 0 Å². The van der Waals surface area contributed by atoms with Crippen molar-refractivity contribution in [1.29, 1.82) is 0 Å². The molecule has 0 saturated heterocycles. The molecule has 2 amide bonds. The summed E-state index contributed by atoms with van der Waals surface area (Å²) >= 11 is 0. The van der Waals surface area contributed by atoms with Gasteiger partial charge in [0.1, 0.15) is 5.82 Å². The SMILES string of the molecule is CN(CCc1noc(-c2nn(CC3CC3)c3c2COCC3)n1)C(=O)Nc1ccccc1F. The minimum Gasteiger partial charge on any atom is -0.376 e. The molecule has 1 N–H and O–H groups in total. The third-order valence-corrected chi connectivity index (χ3v) is 5.83. The van der Waals surface area contributed by atoms with Crippen LogP contribution in [0, 0.1) is 11.7 Å². The van der Waals surface area contributed by atoms with E-state index in [0.717, 1.165) is 18.5 Å². The van der Waals surface area contributed by atoms with Gasteiger partial charge in [0.15, 0.2) is 11.5 Å². The van der Waals surface area contributed by atoms with Crippen LogP contribution in [0.15, 0.2) is 28.8 Å². The van der Waals surface area contributed by atoms with Crippen LogP contribution < -0.4 is 5.32 Å². The maximum absolute atomic E-state index is 13.7. The largest absolute Gasteiger partial charge is 0.376 e. The van der Waals surface area contributed by atoms with Gasteiger partial charge in [0.05, 0.1) is 18.9 Å². The highest BCUT2D eigenvalue weighted by atomic mass is 19.1. The molecule has 5 rings (SSSR count). The van der Waals surface area contributed by atoms with Gasteiger partial charge >= 0.3 is 6.03 Å². The van der Waals surface area contributed by atoms with Crippen LogP contribution in [0.3, 0.4) is 0 Å². The van der Waals surface area contributed by atoms with Gasteiger partial charge in [-0.05, 0) is 30.9 Å². The Kier molecular flexibility index (Phi) is 5.60. The number of para-hydroxylation sites is 1. The number of fused-ring (bicyclic) bond motifs is 1. The molecule has 0 radical (unpaired) electrons. The van der Waals surface area contributed by atoms with Crippen molar-refractivity contribution in [3.05, 3.63) is 47.2 Å². The zero-order chi connectivity index (χ0) is 22.1. The van der Waals surface area contributed by atoms with Crippen molar-refractivity contribution < 1.29 is 18.4 Å². The Labute approximate surface area is 184 Å². The smallest absolute Gasteiger partial charge is 0.321 e. The number of amides is 2. The number of nitrogens with zero attached hydrogens (tertiary/aromatic N) is 5. The number of likely N-dealkylation sites (N-methyl/N-ethyl adjacent to an activating group) is 1. The van der Waals surface area contributed by atoms with Gasteiger partial charge in [0.2, 0.25) is 0 Å². The first-order valence-electron chi connectivity index (χ1n) is 10.8. The summed E-state index contributed by atoms with van der Waals surface area (Å²) in [5.74, 6) is 1.08. The molecule has 10 heteroatoms. The second-order valence-corrected chi connectivity index (χ2v) is 8.30. The number of rotatable bonds is 7. The van der Waals surface area contributed by atoms with Crippen LogP contribution in [0.2, 0.25) is 0 Å². The fraction of sp³-hybridized carbons (Fsp3) is 0.455.